The maximum absolute atomic E-state index is 11.9. The zero-order valence-corrected chi connectivity index (χ0v) is 12.5. The molecule has 1 unspecified atom stereocenters. The molecule has 0 fully saturated rings. The Labute approximate surface area is 129 Å². The summed E-state index contributed by atoms with van der Waals surface area (Å²) in [5, 5.41) is 0.124. The quantitative estimate of drug-likeness (QED) is 0.669. The van der Waals surface area contributed by atoms with E-state index in [1.807, 2.05) is 48.5 Å². The Morgan fingerprint density at radius 3 is 2.45 bits per heavy atom. The van der Waals surface area contributed by atoms with Crippen molar-refractivity contribution in [1.29, 1.82) is 0 Å². The molecule has 0 aliphatic carbocycles. The van der Waals surface area contributed by atoms with Crippen LogP contribution in [0.4, 0.5) is 0 Å². The molecule has 1 atom stereocenters. The van der Waals surface area contributed by atoms with Crippen molar-refractivity contribution in [1.82, 2.24) is 0 Å². The molecule has 0 heterocycles. The van der Waals surface area contributed by atoms with Gasteiger partial charge in [0.15, 0.2) is 0 Å². The fourth-order valence-corrected chi connectivity index (χ4v) is 2.26. The van der Waals surface area contributed by atoms with E-state index in [1.54, 1.807) is 6.07 Å². The third kappa shape index (κ3) is 4.29. The zero-order valence-electron chi connectivity index (χ0n) is 10.8. The van der Waals surface area contributed by atoms with E-state index in [1.165, 1.54) is 0 Å². The van der Waals surface area contributed by atoms with Crippen LogP contribution in [0.1, 0.15) is 11.1 Å². The molecule has 0 aliphatic heterocycles. The molecule has 0 spiro atoms. The highest BCUT2D eigenvalue weighted by atomic mass is 35.5. The summed E-state index contributed by atoms with van der Waals surface area (Å²) in [6.45, 7) is 0.171. The maximum Gasteiger partial charge on any atom is 0.319 e. The lowest BCUT2D eigenvalue weighted by Gasteiger charge is -2.11. The molecule has 0 bridgehead atoms. The van der Waals surface area contributed by atoms with Crippen molar-refractivity contribution in [3.8, 4) is 0 Å². The van der Waals surface area contributed by atoms with Crippen LogP contribution < -0.4 is 0 Å². The second kappa shape index (κ2) is 7.36. The minimum atomic E-state index is -0.472. The predicted octanol–water partition coefficient (Wildman–Crippen LogP) is 3.92. The summed E-state index contributed by atoms with van der Waals surface area (Å²) in [4.78, 5) is 11.9. The van der Waals surface area contributed by atoms with E-state index in [2.05, 4.69) is 12.6 Å². The molecule has 2 aromatic rings. The van der Waals surface area contributed by atoms with Gasteiger partial charge in [-0.05, 0) is 18.1 Å². The molecule has 0 aromatic heterocycles. The molecule has 0 saturated heterocycles. The fourth-order valence-electron chi connectivity index (χ4n) is 1.78. The monoisotopic (exact) mass is 306 g/mol. The number of benzene rings is 2. The van der Waals surface area contributed by atoms with Crippen molar-refractivity contribution in [2.45, 2.75) is 18.3 Å². The van der Waals surface area contributed by atoms with Gasteiger partial charge in [-0.1, -0.05) is 60.1 Å². The number of rotatable bonds is 5. The van der Waals surface area contributed by atoms with Crippen LogP contribution in [0.5, 0.6) is 0 Å². The van der Waals surface area contributed by atoms with Gasteiger partial charge < -0.3 is 4.74 Å². The molecular formula is C16H15ClO2S. The summed E-state index contributed by atoms with van der Waals surface area (Å²) in [7, 11) is 0. The lowest BCUT2D eigenvalue weighted by atomic mass is 10.1. The predicted molar refractivity (Wildman–Crippen MR) is 84.2 cm³/mol. The van der Waals surface area contributed by atoms with Crippen LogP contribution in [0, 0.1) is 0 Å². The molecule has 0 aliphatic rings. The van der Waals surface area contributed by atoms with Crippen molar-refractivity contribution < 1.29 is 9.53 Å². The van der Waals surface area contributed by atoms with Gasteiger partial charge >= 0.3 is 5.97 Å². The lowest BCUT2D eigenvalue weighted by Crippen LogP contribution is -2.20. The summed E-state index contributed by atoms with van der Waals surface area (Å²) in [6.07, 6.45) is 0.547. The van der Waals surface area contributed by atoms with Gasteiger partial charge in [-0.3, -0.25) is 4.79 Å². The second-order valence-electron chi connectivity index (χ2n) is 4.40. The summed E-state index contributed by atoms with van der Waals surface area (Å²) < 4.78 is 5.24. The number of carbonyl (C=O) groups excluding carboxylic acids is 1. The van der Waals surface area contributed by atoms with E-state index in [0.29, 0.717) is 11.4 Å². The van der Waals surface area contributed by atoms with E-state index in [4.69, 9.17) is 16.3 Å². The summed E-state index contributed by atoms with van der Waals surface area (Å²) >= 11 is 10.3. The van der Waals surface area contributed by atoms with Crippen LogP contribution in [0.25, 0.3) is 0 Å². The molecule has 4 heteroatoms. The van der Waals surface area contributed by atoms with Gasteiger partial charge in [0, 0.05) is 10.6 Å². The number of carbonyl (C=O) groups is 1. The molecule has 2 nitrogen and oxygen atoms in total. The van der Waals surface area contributed by atoms with Crippen LogP contribution in [0.15, 0.2) is 54.6 Å². The topological polar surface area (TPSA) is 26.3 Å². The Morgan fingerprint density at radius 1 is 1.10 bits per heavy atom. The van der Waals surface area contributed by atoms with Gasteiger partial charge in [-0.2, -0.15) is 12.6 Å². The molecule has 0 radical (unpaired) electrons. The summed E-state index contributed by atoms with van der Waals surface area (Å²) in [5.74, 6) is -0.336. The summed E-state index contributed by atoms with van der Waals surface area (Å²) in [6, 6.07) is 17.0. The van der Waals surface area contributed by atoms with E-state index in [-0.39, 0.29) is 12.6 Å². The van der Waals surface area contributed by atoms with Crippen molar-refractivity contribution in [2.75, 3.05) is 0 Å². The first-order valence-corrected chi connectivity index (χ1v) is 7.18. The average Bonchev–Trinajstić information content (AvgIpc) is 2.47. The average molecular weight is 307 g/mol. The van der Waals surface area contributed by atoms with Gasteiger partial charge in [-0.25, -0.2) is 0 Å². The highest BCUT2D eigenvalue weighted by molar-refractivity contribution is 7.81. The van der Waals surface area contributed by atoms with Gasteiger partial charge in [0.25, 0.3) is 0 Å². The number of hydrogen-bond donors (Lipinski definition) is 1. The first kappa shape index (κ1) is 14.9. The number of esters is 1. The van der Waals surface area contributed by atoms with Crippen LogP contribution in [0.3, 0.4) is 0 Å². The standard InChI is InChI=1S/C16H15ClO2S/c17-14-9-5-4-8-13(14)11-19-16(18)15(20)10-12-6-2-1-3-7-12/h1-9,15,20H,10-11H2. The number of hydrogen-bond acceptors (Lipinski definition) is 3. The molecule has 0 amide bonds. The van der Waals surface area contributed by atoms with E-state index in [0.717, 1.165) is 11.1 Å². The van der Waals surface area contributed by atoms with Gasteiger partial charge in [-0.15, -0.1) is 0 Å². The normalized spacial score (nSPS) is 11.9. The smallest absolute Gasteiger partial charge is 0.319 e. The molecule has 104 valence electrons. The Balaban J connectivity index is 1.87. The first-order valence-electron chi connectivity index (χ1n) is 6.29. The largest absolute Gasteiger partial charge is 0.460 e. The lowest BCUT2D eigenvalue weighted by molar-refractivity contribution is -0.144. The maximum atomic E-state index is 11.9. The first-order chi connectivity index (χ1) is 9.66. The van der Waals surface area contributed by atoms with E-state index >= 15 is 0 Å². The van der Waals surface area contributed by atoms with Crippen LogP contribution >= 0.6 is 24.2 Å². The Morgan fingerprint density at radius 2 is 1.75 bits per heavy atom. The Hall–Kier alpha value is -1.45. The van der Waals surface area contributed by atoms with E-state index in [9.17, 15) is 4.79 Å². The number of halogens is 1. The minimum absolute atomic E-state index is 0.171. The van der Waals surface area contributed by atoms with Crippen molar-refractivity contribution in [2.24, 2.45) is 0 Å². The molecule has 2 rings (SSSR count). The molecule has 2 aromatic carbocycles. The molecule has 0 N–H and O–H groups in total. The zero-order chi connectivity index (χ0) is 14.4. The van der Waals surface area contributed by atoms with Crippen molar-refractivity contribution in [3.63, 3.8) is 0 Å². The van der Waals surface area contributed by atoms with Crippen molar-refractivity contribution in [3.05, 3.63) is 70.7 Å². The highest BCUT2D eigenvalue weighted by Crippen LogP contribution is 2.17. The molecule has 0 saturated carbocycles. The SMILES string of the molecule is O=C(OCc1ccccc1Cl)C(S)Cc1ccccc1. The molecular weight excluding hydrogens is 292 g/mol. The minimum Gasteiger partial charge on any atom is -0.460 e. The third-order valence-electron chi connectivity index (χ3n) is 2.87. The third-order valence-corrected chi connectivity index (χ3v) is 3.63. The Kier molecular flexibility index (Phi) is 5.50. The van der Waals surface area contributed by atoms with Crippen LogP contribution in [-0.4, -0.2) is 11.2 Å². The number of thiol groups is 1. The van der Waals surface area contributed by atoms with Gasteiger partial charge in [0.1, 0.15) is 11.9 Å². The fraction of sp³-hybridized carbons (Fsp3) is 0.188. The van der Waals surface area contributed by atoms with Gasteiger partial charge in [0.2, 0.25) is 0 Å². The molecule has 20 heavy (non-hydrogen) atoms. The summed E-state index contributed by atoms with van der Waals surface area (Å²) in [5.41, 5.74) is 1.85. The van der Waals surface area contributed by atoms with Crippen molar-refractivity contribution >= 4 is 30.2 Å². The van der Waals surface area contributed by atoms with Crippen LogP contribution in [0.2, 0.25) is 5.02 Å². The van der Waals surface area contributed by atoms with E-state index < -0.39 is 5.25 Å². The van der Waals surface area contributed by atoms with Gasteiger partial charge in [0.05, 0.1) is 0 Å². The highest BCUT2D eigenvalue weighted by Gasteiger charge is 2.16. The second-order valence-corrected chi connectivity index (χ2v) is 5.44. The number of ether oxygens (including phenoxy) is 1. The van der Waals surface area contributed by atoms with Crippen LogP contribution in [-0.2, 0) is 22.6 Å². The Bertz CT molecular complexity index is 572.